The van der Waals surface area contributed by atoms with Crippen LogP contribution in [0.1, 0.15) is 21.5 Å². The third-order valence-corrected chi connectivity index (χ3v) is 3.91. The number of benzene rings is 3. The minimum absolute atomic E-state index is 0.292. The van der Waals surface area contributed by atoms with Crippen molar-refractivity contribution in [2.24, 2.45) is 0 Å². The molecule has 1 aliphatic rings. The summed E-state index contributed by atoms with van der Waals surface area (Å²) in [4.78, 5) is 12.2. The number of ether oxygens (including phenoxy) is 1. The van der Waals surface area contributed by atoms with Crippen LogP contribution >= 0.6 is 0 Å². The van der Waals surface area contributed by atoms with E-state index in [0.717, 1.165) is 22.3 Å². The Morgan fingerprint density at radius 2 is 1.39 bits per heavy atom. The first-order valence-electron chi connectivity index (χ1n) is 7.50. The maximum absolute atomic E-state index is 12.2. The first kappa shape index (κ1) is 13.5. The summed E-state index contributed by atoms with van der Waals surface area (Å²) in [6.45, 7) is 0. The van der Waals surface area contributed by atoms with Gasteiger partial charge in [0.05, 0.1) is 5.56 Å². The number of cyclic esters (lactones) is 1. The summed E-state index contributed by atoms with van der Waals surface area (Å²) >= 11 is 0. The van der Waals surface area contributed by atoms with E-state index in [9.17, 15) is 4.79 Å². The van der Waals surface area contributed by atoms with Crippen LogP contribution in [0, 0.1) is 0 Å². The molecule has 110 valence electrons. The number of carbonyl (C=O) groups is 1. The summed E-state index contributed by atoms with van der Waals surface area (Å²) in [6.07, 6.45) is 1.89. The van der Waals surface area contributed by atoms with Crippen molar-refractivity contribution in [1.82, 2.24) is 0 Å². The monoisotopic (exact) mass is 298 g/mol. The molecule has 4 rings (SSSR count). The van der Waals surface area contributed by atoms with Gasteiger partial charge in [0.2, 0.25) is 0 Å². The third kappa shape index (κ3) is 2.55. The molecule has 1 heterocycles. The van der Waals surface area contributed by atoms with Crippen molar-refractivity contribution in [3.63, 3.8) is 0 Å². The van der Waals surface area contributed by atoms with Gasteiger partial charge in [-0.3, -0.25) is 0 Å². The zero-order chi connectivity index (χ0) is 15.6. The van der Waals surface area contributed by atoms with Gasteiger partial charge in [0.1, 0.15) is 5.76 Å². The van der Waals surface area contributed by atoms with E-state index in [1.807, 2.05) is 84.9 Å². The SMILES string of the molecule is O=C1O/C(=C\c2ccccc2)c2ccc(-c3ccccc3)cc21. The molecule has 0 amide bonds. The van der Waals surface area contributed by atoms with E-state index >= 15 is 0 Å². The first-order chi connectivity index (χ1) is 11.3. The molecule has 0 saturated heterocycles. The molecule has 1 aliphatic heterocycles. The predicted octanol–water partition coefficient (Wildman–Crippen LogP) is 5.02. The van der Waals surface area contributed by atoms with Crippen LogP contribution in [0.5, 0.6) is 0 Å². The number of carbonyl (C=O) groups excluding carboxylic acids is 1. The fraction of sp³-hybridized carbons (Fsp3) is 0. The lowest BCUT2D eigenvalue weighted by Crippen LogP contribution is -1.93. The fourth-order valence-corrected chi connectivity index (χ4v) is 2.76. The second-order valence-electron chi connectivity index (χ2n) is 5.44. The van der Waals surface area contributed by atoms with Crippen molar-refractivity contribution in [2.75, 3.05) is 0 Å². The summed E-state index contributed by atoms with van der Waals surface area (Å²) in [5.41, 5.74) is 4.58. The maximum Gasteiger partial charge on any atom is 0.344 e. The molecule has 23 heavy (non-hydrogen) atoms. The van der Waals surface area contributed by atoms with Crippen molar-refractivity contribution >= 4 is 17.8 Å². The summed E-state index contributed by atoms with van der Waals surface area (Å²) in [6, 6.07) is 25.7. The minimum Gasteiger partial charge on any atom is -0.422 e. The van der Waals surface area contributed by atoms with Crippen molar-refractivity contribution in [3.05, 3.63) is 95.6 Å². The molecule has 0 aliphatic carbocycles. The van der Waals surface area contributed by atoms with Gasteiger partial charge in [-0.05, 0) is 34.9 Å². The van der Waals surface area contributed by atoms with Gasteiger partial charge in [0, 0.05) is 5.56 Å². The normalized spacial score (nSPS) is 14.6. The number of fused-ring (bicyclic) bond motifs is 1. The molecular weight excluding hydrogens is 284 g/mol. The quantitative estimate of drug-likeness (QED) is 0.621. The standard InChI is InChI=1S/C21H14O2/c22-21-19-14-17(16-9-5-2-6-10-16)11-12-18(19)20(23-21)13-15-7-3-1-4-8-15/h1-14H/b20-13-. The Morgan fingerprint density at radius 1 is 0.696 bits per heavy atom. The average Bonchev–Trinajstić information content (AvgIpc) is 2.92. The average molecular weight is 298 g/mol. The second-order valence-corrected chi connectivity index (χ2v) is 5.44. The lowest BCUT2D eigenvalue weighted by Gasteiger charge is -2.03. The molecule has 0 saturated carbocycles. The Morgan fingerprint density at radius 3 is 2.13 bits per heavy atom. The zero-order valence-electron chi connectivity index (χ0n) is 12.4. The van der Waals surface area contributed by atoms with Gasteiger partial charge < -0.3 is 4.74 Å². The molecule has 0 unspecified atom stereocenters. The summed E-state index contributed by atoms with van der Waals surface area (Å²) in [7, 11) is 0. The number of esters is 1. The van der Waals surface area contributed by atoms with E-state index in [2.05, 4.69) is 0 Å². The van der Waals surface area contributed by atoms with Crippen LogP contribution in [-0.2, 0) is 4.74 Å². The van der Waals surface area contributed by atoms with Crippen molar-refractivity contribution in [1.29, 1.82) is 0 Å². The fourth-order valence-electron chi connectivity index (χ4n) is 2.76. The Hall–Kier alpha value is -3.13. The molecule has 3 aromatic carbocycles. The van der Waals surface area contributed by atoms with E-state index in [1.54, 1.807) is 0 Å². The van der Waals surface area contributed by atoms with E-state index < -0.39 is 0 Å². The van der Waals surface area contributed by atoms with Crippen molar-refractivity contribution < 1.29 is 9.53 Å². The maximum atomic E-state index is 12.2. The van der Waals surface area contributed by atoms with Gasteiger partial charge >= 0.3 is 5.97 Å². The smallest absolute Gasteiger partial charge is 0.344 e. The van der Waals surface area contributed by atoms with Crippen LogP contribution in [0.15, 0.2) is 78.9 Å². The first-order valence-corrected chi connectivity index (χ1v) is 7.50. The van der Waals surface area contributed by atoms with Crippen LogP contribution in [0.3, 0.4) is 0 Å². The number of hydrogen-bond donors (Lipinski definition) is 0. The largest absolute Gasteiger partial charge is 0.422 e. The highest BCUT2D eigenvalue weighted by molar-refractivity contribution is 6.06. The molecule has 0 atom stereocenters. The van der Waals surface area contributed by atoms with E-state index in [-0.39, 0.29) is 5.97 Å². The highest BCUT2D eigenvalue weighted by Crippen LogP contribution is 2.34. The lowest BCUT2D eigenvalue weighted by molar-refractivity contribution is 0.0717. The van der Waals surface area contributed by atoms with Gasteiger partial charge in [-0.2, -0.15) is 0 Å². The van der Waals surface area contributed by atoms with Gasteiger partial charge in [-0.1, -0.05) is 66.7 Å². The highest BCUT2D eigenvalue weighted by atomic mass is 16.5. The van der Waals surface area contributed by atoms with Crippen LogP contribution in [0.2, 0.25) is 0 Å². The lowest BCUT2D eigenvalue weighted by atomic mass is 9.99. The second kappa shape index (κ2) is 5.58. The van der Waals surface area contributed by atoms with Crippen LogP contribution in [-0.4, -0.2) is 5.97 Å². The summed E-state index contributed by atoms with van der Waals surface area (Å²) < 4.78 is 5.45. The Balaban J connectivity index is 1.77. The molecule has 0 radical (unpaired) electrons. The van der Waals surface area contributed by atoms with Gasteiger partial charge in [-0.25, -0.2) is 4.79 Å². The van der Waals surface area contributed by atoms with Crippen LogP contribution in [0.4, 0.5) is 0 Å². The van der Waals surface area contributed by atoms with Crippen LogP contribution in [0.25, 0.3) is 23.0 Å². The Labute approximate surface area is 134 Å². The molecular formula is C21H14O2. The zero-order valence-corrected chi connectivity index (χ0v) is 12.4. The van der Waals surface area contributed by atoms with E-state index in [4.69, 9.17) is 4.74 Å². The predicted molar refractivity (Wildman–Crippen MR) is 91.6 cm³/mol. The van der Waals surface area contributed by atoms with E-state index in [1.165, 1.54) is 0 Å². The molecule has 2 heteroatoms. The molecule has 3 aromatic rings. The summed E-state index contributed by atoms with van der Waals surface area (Å²) in [5.74, 6) is 0.316. The van der Waals surface area contributed by atoms with Crippen LogP contribution < -0.4 is 0 Å². The van der Waals surface area contributed by atoms with Gasteiger partial charge in [0.25, 0.3) is 0 Å². The van der Waals surface area contributed by atoms with Gasteiger partial charge in [0.15, 0.2) is 0 Å². The number of hydrogen-bond acceptors (Lipinski definition) is 2. The molecule has 0 bridgehead atoms. The molecule has 0 fully saturated rings. The minimum atomic E-state index is -0.292. The molecule has 0 N–H and O–H groups in total. The molecule has 0 aromatic heterocycles. The van der Waals surface area contributed by atoms with Gasteiger partial charge in [-0.15, -0.1) is 0 Å². The molecule has 0 spiro atoms. The Kier molecular flexibility index (Phi) is 3.28. The highest BCUT2D eigenvalue weighted by Gasteiger charge is 2.26. The molecule has 2 nitrogen and oxygen atoms in total. The summed E-state index contributed by atoms with van der Waals surface area (Å²) in [5, 5.41) is 0. The number of rotatable bonds is 2. The van der Waals surface area contributed by atoms with Crippen molar-refractivity contribution in [3.8, 4) is 11.1 Å². The van der Waals surface area contributed by atoms with E-state index in [0.29, 0.717) is 11.3 Å². The van der Waals surface area contributed by atoms with Crippen molar-refractivity contribution in [2.45, 2.75) is 0 Å². The third-order valence-electron chi connectivity index (χ3n) is 3.91. The Bertz CT molecular complexity index is 894. The topological polar surface area (TPSA) is 26.3 Å².